The molecule has 0 saturated carbocycles. The maximum atomic E-state index is 11.9. The van der Waals surface area contributed by atoms with Crippen LogP contribution in [-0.4, -0.2) is 22.0 Å². The number of ether oxygens (including phenoxy) is 2. The summed E-state index contributed by atoms with van der Waals surface area (Å²) in [5, 5.41) is 0.405. The predicted octanol–water partition coefficient (Wildman–Crippen LogP) is 3.96. The molecule has 0 saturated heterocycles. The van der Waals surface area contributed by atoms with Crippen LogP contribution in [0.5, 0.6) is 11.5 Å². The van der Waals surface area contributed by atoms with Gasteiger partial charge in [0.1, 0.15) is 10.1 Å². The highest BCUT2D eigenvalue weighted by atomic mass is 35.5. The second-order valence-electron chi connectivity index (χ2n) is 4.12. The molecule has 2 aliphatic heterocycles. The summed E-state index contributed by atoms with van der Waals surface area (Å²) in [6.45, 7) is 3.83. The summed E-state index contributed by atoms with van der Waals surface area (Å²) in [7, 11) is 0. The molecule has 1 aromatic rings. The van der Waals surface area contributed by atoms with Crippen molar-refractivity contribution in [1.82, 2.24) is 0 Å². The first-order chi connectivity index (χ1) is 10.2. The second kappa shape index (κ2) is 6.17. The normalized spacial score (nSPS) is 18.2. The maximum absolute atomic E-state index is 11.9. The number of hydrogen-bond acceptors (Lipinski definition) is 6. The molecule has 0 spiro atoms. The molecule has 0 amide bonds. The highest BCUT2D eigenvalue weighted by Crippen LogP contribution is 2.38. The highest BCUT2D eigenvalue weighted by molar-refractivity contribution is 8.45. The standard InChI is InChI=1S/C14H10ClNO3S2/c1-2-3-20-14-16-10(13(17)21-14)4-8-5-11-12(6-9(8)15)19-7-18-11/h2,4-6H,1,3,7H2/b10-4-. The zero-order valence-corrected chi connectivity index (χ0v) is 13.2. The van der Waals surface area contributed by atoms with E-state index in [-0.39, 0.29) is 11.9 Å². The fourth-order valence-corrected chi connectivity index (χ4v) is 3.58. The van der Waals surface area contributed by atoms with Gasteiger partial charge < -0.3 is 9.47 Å². The van der Waals surface area contributed by atoms with Crippen molar-refractivity contribution in [3.05, 3.63) is 41.1 Å². The number of thioether (sulfide) groups is 2. The third-order valence-electron chi connectivity index (χ3n) is 2.71. The fraction of sp³-hybridized carbons (Fsp3) is 0.143. The van der Waals surface area contributed by atoms with Gasteiger partial charge in [0.05, 0.1) is 5.02 Å². The Morgan fingerprint density at radius 3 is 2.95 bits per heavy atom. The van der Waals surface area contributed by atoms with Gasteiger partial charge in [-0.2, -0.15) is 0 Å². The Morgan fingerprint density at radius 1 is 1.43 bits per heavy atom. The molecule has 1 aromatic carbocycles. The summed E-state index contributed by atoms with van der Waals surface area (Å²) in [6, 6.07) is 3.43. The van der Waals surface area contributed by atoms with Crippen molar-refractivity contribution < 1.29 is 14.3 Å². The minimum atomic E-state index is -0.0877. The van der Waals surface area contributed by atoms with E-state index in [1.54, 1.807) is 24.3 Å². The number of carbonyl (C=O) groups is 1. The maximum Gasteiger partial charge on any atom is 0.244 e. The van der Waals surface area contributed by atoms with Crippen LogP contribution in [0.25, 0.3) is 6.08 Å². The first-order valence-corrected chi connectivity index (χ1v) is 8.21. The Bertz CT molecular complexity index is 685. The lowest BCUT2D eigenvalue weighted by Crippen LogP contribution is -1.92. The molecule has 0 bridgehead atoms. The van der Waals surface area contributed by atoms with Crippen molar-refractivity contribution in [3.63, 3.8) is 0 Å². The van der Waals surface area contributed by atoms with Gasteiger partial charge in [0.25, 0.3) is 0 Å². The molecule has 7 heteroatoms. The molecule has 108 valence electrons. The van der Waals surface area contributed by atoms with Crippen LogP contribution >= 0.6 is 35.1 Å². The van der Waals surface area contributed by atoms with Gasteiger partial charge in [0.2, 0.25) is 11.9 Å². The zero-order valence-electron chi connectivity index (χ0n) is 10.8. The summed E-state index contributed by atoms with van der Waals surface area (Å²) >= 11 is 8.79. The van der Waals surface area contributed by atoms with Crippen LogP contribution in [0.15, 0.2) is 35.5 Å². The quantitative estimate of drug-likeness (QED) is 0.616. The summed E-state index contributed by atoms with van der Waals surface area (Å²) < 4.78 is 11.3. The average molecular weight is 340 g/mol. The van der Waals surface area contributed by atoms with Crippen LogP contribution in [0.4, 0.5) is 0 Å². The monoisotopic (exact) mass is 339 g/mol. The van der Waals surface area contributed by atoms with E-state index < -0.39 is 0 Å². The van der Waals surface area contributed by atoms with Crippen LogP contribution in [0.3, 0.4) is 0 Å². The summed E-state index contributed by atoms with van der Waals surface area (Å²) in [4.78, 5) is 16.3. The number of benzene rings is 1. The van der Waals surface area contributed by atoms with Crippen molar-refractivity contribution in [2.75, 3.05) is 12.5 Å². The summed E-state index contributed by atoms with van der Waals surface area (Å²) in [6.07, 6.45) is 3.44. The number of carbonyl (C=O) groups excluding carboxylic acids is 1. The molecular weight excluding hydrogens is 330 g/mol. The number of rotatable bonds is 3. The predicted molar refractivity (Wildman–Crippen MR) is 88.2 cm³/mol. The molecule has 2 heterocycles. The lowest BCUT2D eigenvalue weighted by molar-refractivity contribution is -0.107. The Kier molecular flexibility index (Phi) is 4.28. The largest absolute Gasteiger partial charge is 0.454 e. The van der Waals surface area contributed by atoms with E-state index in [0.29, 0.717) is 27.8 Å². The van der Waals surface area contributed by atoms with Crippen molar-refractivity contribution in [2.45, 2.75) is 0 Å². The van der Waals surface area contributed by atoms with Gasteiger partial charge in [0.15, 0.2) is 11.5 Å². The van der Waals surface area contributed by atoms with Gasteiger partial charge in [-0.15, -0.1) is 6.58 Å². The van der Waals surface area contributed by atoms with E-state index in [1.165, 1.54) is 11.8 Å². The molecule has 0 fully saturated rings. The van der Waals surface area contributed by atoms with E-state index in [2.05, 4.69) is 11.6 Å². The molecule has 0 unspecified atom stereocenters. The third kappa shape index (κ3) is 3.12. The van der Waals surface area contributed by atoms with Crippen LogP contribution in [0.2, 0.25) is 5.02 Å². The van der Waals surface area contributed by atoms with Crippen LogP contribution in [0.1, 0.15) is 5.56 Å². The van der Waals surface area contributed by atoms with Gasteiger partial charge in [-0.1, -0.05) is 29.4 Å². The molecule has 21 heavy (non-hydrogen) atoms. The molecule has 0 atom stereocenters. The molecule has 0 radical (unpaired) electrons. The summed E-state index contributed by atoms with van der Waals surface area (Å²) in [5.74, 6) is 1.95. The van der Waals surface area contributed by atoms with Crippen molar-refractivity contribution >= 4 is 50.7 Å². The molecule has 3 rings (SSSR count). The number of hydrogen-bond donors (Lipinski definition) is 0. The SMILES string of the molecule is C=CCSC1=N/C(=C\c2cc3c(cc2Cl)OCO3)C(=O)S1. The van der Waals surface area contributed by atoms with Gasteiger partial charge in [-0.3, -0.25) is 4.79 Å². The van der Waals surface area contributed by atoms with E-state index >= 15 is 0 Å². The molecule has 0 N–H and O–H groups in total. The van der Waals surface area contributed by atoms with Crippen LogP contribution in [-0.2, 0) is 4.79 Å². The molecule has 0 aromatic heterocycles. The molecule has 4 nitrogen and oxygen atoms in total. The first-order valence-electron chi connectivity index (χ1n) is 6.03. The average Bonchev–Trinajstić information content (AvgIpc) is 3.04. The van der Waals surface area contributed by atoms with Gasteiger partial charge in [-0.05, 0) is 29.5 Å². The fourth-order valence-electron chi connectivity index (χ4n) is 1.77. The Morgan fingerprint density at radius 2 is 2.19 bits per heavy atom. The van der Waals surface area contributed by atoms with Crippen molar-refractivity contribution in [3.8, 4) is 11.5 Å². The van der Waals surface area contributed by atoms with Crippen LogP contribution < -0.4 is 9.47 Å². The summed E-state index contributed by atoms with van der Waals surface area (Å²) in [5.41, 5.74) is 1.07. The lowest BCUT2D eigenvalue weighted by atomic mass is 10.1. The Balaban J connectivity index is 1.89. The zero-order chi connectivity index (χ0) is 14.8. The van der Waals surface area contributed by atoms with E-state index in [4.69, 9.17) is 21.1 Å². The van der Waals surface area contributed by atoms with Gasteiger partial charge in [0, 0.05) is 11.8 Å². The molecule has 0 aliphatic carbocycles. The van der Waals surface area contributed by atoms with E-state index in [9.17, 15) is 4.79 Å². The number of aliphatic imine (C=N–C) groups is 1. The number of fused-ring (bicyclic) bond motifs is 1. The molecular formula is C14H10ClNO3S2. The minimum Gasteiger partial charge on any atom is -0.454 e. The second-order valence-corrected chi connectivity index (χ2v) is 6.76. The van der Waals surface area contributed by atoms with E-state index in [0.717, 1.165) is 21.9 Å². The Labute approximate surface area is 135 Å². The third-order valence-corrected chi connectivity index (χ3v) is 5.04. The van der Waals surface area contributed by atoms with E-state index in [1.807, 2.05) is 0 Å². The smallest absolute Gasteiger partial charge is 0.244 e. The number of nitrogens with zero attached hydrogens (tertiary/aromatic N) is 1. The van der Waals surface area contributed by atoms with Gasteiger partial charge >= 0.3 is 0 Å². The Hall–Kier alpha value is -1.37. The first kappa shape index (κ1) is 14.6. The highest BCUT2D eigenvalue weighted by Gasteiger charge is 2.23. The van der Waals surface area contributed by atoms with Crippen molar-refractivity contribution in [2.24, 2.45) is 4.99 Å². The number of halogens is 1. The van der Waals surface area contributed by atoms with Crippen molar-refractivity contribution in [1.29, 1.82) is 0 Å². The molecule has 2 aliphatic rings. The van der Waals surface area contributed by atoms with Gasteiger partial charge in [-0.25, -0.2) is 4.99 Å². The lowest BCUT2D eigenvalue weighted by Gasteiger charge is -2.01. The topological polar surface area (TPSA) is 47.9 Å². The minimum absolute atomic E-state index is 0.0877. The van der Waals surface area contributed by atoms with Crippen LogP contribution in [0, 0.1) is 0 Å².